The summed E-state index contributed by atoms with van der Waals surface area (Å²) in [6.45, 7) is 0. The van der Waals surface area contributed by atoms with Crippen molar-refractivity contribution in [2.24, 2.45) is 0 Å². The zero-order valence-electron chi connectivity index (χ0n) is 3.29. The topological polar surface area (TPSA) is 61.0 Å². The van der Waals surface area contributed by atoms with Gasteiger partial charge in [-0.25, -0.2) is 4.98 Å². The number of oxazole rings is 1. The molecule has 0 bridgehead atoms. The fourth-order valence-electron chi connectivity index (χ4n) is 0.176. The van der Waals surface area contributed by atoms with Crippen molar-refractivity contribution in [1.82, 2.24) is 11.1 Å². The van der Waals surface area contributed by atoms with E-state index in [0.717, 1.165) is 0 Å². The van der Waals surface area contributed by atoms with E-state index >= 15 is 0 Å². The van der Waals surface area contributed by atoms with Crippen LogP contribution < -0.4 is 6.15 Å². The highest BCUT2D eigenvalue weighted by molar-refractivity contribution is 4.56. The lowest BCUT2D eigenvalue weighted by Gasteiger charge is -1.47. The minimum atomic E-state index is 0. The molecule has 0 fully saturated rings. The number of hydrogen-bond donors (Lipinski definition) is 1. The van der Waals surface area contributed by atoms with E-state index in [0.29, 0.717) is 0 Å². The van der Waals surface area contributed by atoms with Crippen LogP contribution >= 0.6 is 0 Å². The van der Waals surface area contributed by atoms with Crippen LogP contribution in [0.15, 0.2) is 23.3 Å². The molecule has 1 rings (SSSR count). The van der Waals surface area contributed by atoms with Crippen molar-refractivity contribution in [2.75, 3.05) is 0 Å². The highest BCUT2D eigenvalue weighted by Crippen LogP contribution is 1.72. The Labute approximate surface area is 35.6 Å². The third-order valence-corrected chi connectivity index (χ3v) is 0.347. The molecule has 0 atom stereocenters. The quantitative estimate of drug-likeness (QED) is 0.508. The summed E-state index contributed by atoms with van der Waals surface area (Å²) in [5.41, 5.74) is 0. The highest BCUT2D eigenvalue weighted by Gasteiger charge is 1.59. The minimum Gasteiger partial charge on any atom is -0.452 e. The maximum atomic E-state index is 4.47. The molecule has 3 N–H and O–H groups in total. The summed E-state index contributed by atoms with van der Waals surface area (Å²) in [5.74, 6) is 0. The molecule has 1 aromatic heterocycles. The van der Waals surface area contributed by atoms with Gasteiger partial charge in [0.1, 0.15) is 6.26 Å². The molecule has 0 aliphatic heterocycles. The van der Waals surface area contributed by atoms with Gasteiger partial charge in [-0.1, -0.05) is 0 Å². The van der Waals surface area contributed by atoms with E-state index in [1.807, 2.05) is 0 Å². The van der Waals surface area contributed by atoms with E-state index in [1.165, 1.54) is 12.7 Å². The lowest BCUT2D eigenvalue weighted by molar-refractivity contribution is 0.558. The molecule has 3 heteroatoms. The average molecular weight is 86.1 g/mol. The van der Waals surface area contributed by atoms with Crippen molar-refractivity contribution >= 4 is 0 Å². The van der Waals surface area contributed by atoms with Crippen LogP contribution in [0.1, 0.15) is 0 Å². The van der Waals surface area contributed by atoms with Crippen LogP contribution in [-0.2, 0) is 0 Å². The molecule has 3 nitrogen and oxygen atoms in total. The molecule has 1 aromatic rings. The largest absolute Gasteiger partial charge is 0.452 e. The van der Waals surface area contributed by atoms with Crippen LogP contribution in [0.4, 0.5) is 0 Å². The van der Waals surface area contributed by atoms with Gasteiger partial charge < -0.3 is 10.6 Å². The van der Waals surface area contributed by atoms with Gasteiger partial charge in [0.15, 0.2) is 6.39 Å². The summed E-state index contributed by atoms with van der Waals surface area (Å²) in [7, 11) is 0. The van der Waals surface area contributed by atoms with E-state index < -0.39 is 0 Å². The fraction of sp³-hybridized carbons (Fsp3) is 0. The van der Waals surface area contributed by atoms with Crippen LogP contribution in [0.3, 0.4) is 0 Å². The average Bonchev–Trinajstić information content (AvgIpc) is 1.76. The first-order chi connectivity index (χ1) is 2.50. The predicted octanol–water partition coefficient (Wildman–Crippen LogP) is 0.837. The summed E-state index contributed by atoms with van der Waals surface area (Å²) in [6.07, 6.45) is 4.47. The van der Waals surface area contributed by atoms with Crippen LogP contribution in [0.25, 0.3) is 0 Å². The molecule has 0 unspecified atom stereocenters. The van der Waals surface area contributed by atoms with Gasteiger partial charge in [-0.2, -0.15) is 0 Å². The molecule has 0 spiro atoms. The maximum Gasteiger partial charge on any atom is 0.180 e. The SMILES string of the molecule is N.c1cocn1. The van der Waals surface area contributed by atoms with Gasteiger partial charge >= 0.3 is 0 Å². The molecule has 6 heavy (non-hydrogen) atoms. The van der Waals surface area contributed by atoms with E-state index in [9.17, 15) is 0 Å². The zero-order chi connectivity index (χ0) is 3.54. The standard InChI is InChI=1S/C3H3NO.H3N/c1-2-5-3-4-1;/h1-3H;1H3. The van der Waals surface area contributed by atoms with Gasteiger partial charge in [0.05, 0.1) is 6.20 Å². The number of nitrogens with zero attached hydrogens (tertiary/aromatic N) is 1. The summed E-state index contributed by atoms with van der Waals surface area (Å²) in [5, 5.41) is 0. The molecule has 1 heterocycles. The first kappa shape index (κ1) is 5.17. The molecule has 0 aromatic carbocycles. The second-order valence-electron chi connectivity index (χ2n) is 0.676. The maximum absolute atomic E-state index is 4.47. The van der Waals surface area contributed by atoms with Gasteiger partial charge in [0, 0.05) is 0 Å². The minimum absolute atomic E-state index is 0. The number of hydrogen-bond acceptors (Lipinski definition) is 3. The third kappa shape index (κ3) is 0.858. The third-order valence-electron chi connectivity index (χ3n) is 0.347. The van der Waals surface area contributed by atoms with Crippen molar-refractivity contribution in [2.45, 2.75) is 0 Å². The molecular formula is C3H6N2O. The van der Waals surface area contributed by atoms with Crippen molar-refractivity contribution in [3.63, 3.8) is 0 Å². The van der Waals surface area contributed by atoms with Gasteiger partial charge in [-0.15, -0.1) is 0 Å². The molecule has 0 radical (unpaired) electrons. The van der Waals surface area contributed by atoms with Crippen LogP contribution in [0.2, 0.25) is 0 Å². The summed E-state index contributed by atoms with van der Waals surface area (Å²) >= 11 is 0. The Morgan fingerprint density at radius 2 is 2.33 bits per heavy atom. The summed E-state index contributed by atoms with van der Waals surface area (Å²) in [4.78, 5) is 3.56. The smallest absolute Gasteiger partial charge is 0.180 e. The number of aromatic nitrogens is 1. The Hall–Kier alpha value is -0.830. The Balaban J connectivity index is 0.000000250. The van der Waals surface area contributed by atoms with Crippen molar-refractivity contribution < 1.29 is 4.42 Å². The van der Waals surface area contributed by atoms with Crippen molar-refractivity contribution in [3.8, 4) is 0 Å². The van der Waals surface area contributed by atoms with Gasteiger partial charge in [-0.3, -0.25) is 0 Å². The second-order valence-corrected chi connectivity index (χ2v) is 0.676. The van der Waals surface area contributed by atoms with Gasteiger partial charge in [0.2, 0.25) is 0 Å². The lowest BCUT2D eigenvalue weighted by Crippen LogP contribution is -1.38. The second kappa shape index (κ2) is 2.41. The lowest BCUT2D eigenvalue weighted by atomic mass is 11.0. The fourth-order valence-corrected chi connectivity index (χ4v) is 0.176. The van der Waals surface area contributed by atoms with Crippen molar-refractivity contribution in [3.05, 3.63) is 18.9 Å². The first-order valence-electron chi connectivity index (χ1n) is 1.32. The van der Waals surface area contributed by atoms with Crippen LogP contribution in [0.5, 0.6) is 0 Å². The Bertz CT molecular complexity index is 65.3. The first-order valence-corrected chi connectivity index (χ1v) is 1.32. The predicted molar refractivity (Wildman–Crippen MR) is 21.5 cm³/mol. The molecular weight excluding hydrogens is 80.0 g/mol. The molecule has 0 aliphatic carbocycles. The molecule has 0 aliphatic rings. The van der Waals surface area contributed by atoms with E-state index in [2.05, 4.69) is 9.40 Å². The Morgan fingerprint density at radius 1 is 1.50 bits per heavy atom. The highest BCUT2D eigenvalue weighted by atomic mass is 16.3. The monoisotopic (exact) mass is 86.0 g/mol. The summed E-state index contributed by atoms with van der Waals surface area (Å²) in [6, 6.07) is 0. The van der Waals surface area contributed by atoms with Crippen LogP contribution in [0, 0.1) is 0 Å². The Kier molecular flexibility index (Phi) is 2.08. The molecule has 0 saturated carbocycles. The van der Waals surface area contributed by atoms with Gasteiger partial charge in [-0.05, 0) is 0 Å². The Morgan fingerprint density at radius 3 is 2.50 bits per heavy atom. The zero-order valence-corrected chi connectivity index (χ0v) is 3.29. The van der Waals surface area contributed by atoms with E-state index in [4.69, 9.17) is 0 Å². The van der Waals surface area contributed by atoms with Gasteiger partial charge in [0.25, 0.3) is 0 Å². The van der Waals surface area contributed by atoms with Crippen LogP contribution in [-0.4, -0.2) is 4.98 Å². The normalized spacial score (nSPS) is 6.67. The molecule has 0 saturated heterocycles. The summed E-state index contributed by atoms with van der Waals surface area (Å²) < 4.78 is 4.47. The molecule has 0 amide bonds. The van der Waals surface area contributed by atoms with E-state index in [-0.39, 0.29) is 6.15 Å². The van der Waals surface area contributed by atoms with Crippen molar-refractivity contribution in [1.29, 1.82) is 0 Å². The molecule has 34 valence electrons. The van der Waals surface area contributed by atoms with E-state index in [1.54, 1.807) is 6.20 Å². The number of rotatable bonds is 0.